The van der Waals surface area contributed by atoms with Crippen LogP contribution in [0.5, 0.6) is 0 Å². The Kier molecular flexibility index (Phi) is 3.47. The van der Waals surface area contributed by atoms with E-state index in [2.05, 4.69) is 10.3 Å². The van der Waals surface area contributed by atoms with Crippen LogP contribution in [0.4, 0.5) is 0 Å². The van der Waals surface area contributed by atoms with Crippen molar-refractivity contribution < 1.29 is 4.79 Å². The summed E-state index contributed by atoms with van der Waals surface area (Å²) < 4.78 is 1.40. The fourth-order valence-electron chi connectivity index (χ4n) is 2.45. The number of aromatic nitrogens is 2. The van der Waals surface area contributed by atoms with Crippen molar-refractivity contribution in [1.82, 2.24) is 14.7 Å². The molecule has 0 aliphatic heterocycles. The van der Waals surface area contributed by atoms with E-state index in [1.807, 2.05) is 13.0 Å². The predicted octanol–water partition coefficient (Wildman–Crippen LogP) is 0.470. The minimum absolute atomic E-state index is 0.0530. The van der Waals surface area contributed by atoms with E-state index in [-0.39, 0.29) is 17.2 Å². The quantitative estimate of drug-likeness (QED) is 0.855. The van der Waals surface area contributed by atoms with Crippen LogP contribution in [-0.2, 0) is 0 Å². The number of pyridine rings is 1. The van der Waals surface area contributed by atoms with Crippen LogP contribution in [0.15, 0.2) is 29.3 Å². The SMILES string of the molecule is Cc1ccc2ncc(C(=O)NC(CN)C3CC3)c(=O)n2c1. The lowest BCUT2D eigenvalue weighted by Gasteiger charge is -2.15. The highest BCUT2D eigenvalue weighted by molar-refractivity contribution is 5.94. The molecule has 0 bridgehead atoms. The van der Waals surface area contributed by atoms with Gasteiger partial charge in [-0.2, -0.15) is 0 Å². The summed E-state index contributed by atoms with van der Waals surface area (Å²) in [4.78, 5) is 28.9. The number of carbonyl (C=O) groups is 1. The number of hydrogen-bond acceptors (Lipinski definition) is 4. The monoisotopic (exact) mass is 286 g/mol. The van der Waals surface area contributed by atoms with Gasteiger partial charge in [-0.25, -0.2) is 4.98 Å². The molecule has 1 fully saturated rings. The fraction of sp³-hybridized carbons (Fsp3) is 0.400. The van der Waals surface area contributed by atoms with E-state index in [4.69, 9.17) is 5.73 Å². The molecule has 6 heteroatoms. The zero-order valence-corrected chi connectivity index (χ0v) is 11.9. The van der Waals surface area contributed by atoms with E-state index in [0.29, 0.717) is 18.1 Å². The number of nitrogens with one attached hydrogen (secondary N) is 1. The lowest BCUT2D eigenvalue weighted by molar-refractivity contribution is 0.0931. The normalized spacial score (nSPS) is 15.9. The molecule has 6 nitrogen and oxygen atoms in total. The lowest BCUT2D eigenvalue weighted by atomic mass is 10.1. The van der Waals surface area contributed by atoms with E-state index < -0.39 is 5.91 Å². The molecule has 0 spiro atoms. The summed E-state index contributed by atoms with van der Waals surface area (Å²) in [5.74, 6) is 0.0446. The summed E-state index contributed by atoms with van der Waals surface area (Å²) in [6.45, 7) is 2.27. The molecule has 1 saturated carbocycles. The number of fused-ring (bicyclic) bond motifs is 1. The van der Waals surface area contributed by atoms with E-state index in [0.717, 1.165) is 18.4 Å². The first kappa shape index (κ1) is 13.8. The molecule has 110 valence electrons. The summed E-state index contributed by atoms with van der Waals surface area (Å²) >= 11 is 0. The molecule has 1 unspecified atom stereocenters. The molecule has 1 atom stereocenters. The second-order valence-electron chi connectivity index (χ2n) is 5.56. The summed E-state index contributed by atoms with van der Waals surface area (Å²) in [6.07, 6.45) is 5.18. The molecule has 1 amide bonds. The van der Waals surface area contributed by atoms with Gasteiger partial charge in [-0.1, -0.05) is 6.07 Å². The fourth-order valence-corrected chi connectivity index (χ4v) is 2.45. The maximum atomic E-state index is 12.4. The summed E-state index contributed by atoms with van der Waals surface area (Å²) in [5.41, 5.74) is 6.83. The third-order valence-electron chi connectivity index (χ3n) is 3.86. The zero-order chi connectivity index (χ0) is 15.0. The van der Waals surface area contributed by atoms with Crippen LogP contribution in [0.25, 0.3) is 5.65 Å². The molecule has 21 heavy (non-hydrogen) atoms. The number of nitrogens with zero attached hydrogens (tertiary/aromatic N) is 2. The van der Waals surface area contributed by atoms with E-state index >= 15 is 0 Å². The Morgan fingerprint density at radius 3 is 2.95 bits per heavy atom. The Morgan fingerprint density at radius 2 is 2.29 bits per heavy atom. The minimum atomic E-state index is -0.397. The molecule has 1 aliphatic rings. The molecule has 0 radical (unpaired) electrons. The number of amides is 1. The Hall–Kier alpha value is -2.21. The molecule has 3 rings (SSSR count). The van der Waals surface area contributed by atoms with Gasteiger partial charge < -0.3 is 11.1 Å². The van der Waals surface area contributed by atoms with Crippen LogP contribution in [0.1, 0.15) is 28.8 Å². The molecular formula is C15H18N4O2. The Labute approximate surface area is 122 Å². The van der Waals surface area contributed by atoms with Gasteiger partial charge in [0.2, 0.25) is 0 Å². The van der Waals surface area contributed by atoms with Crippen molar-refractivity contribution in [1.29, 1.82) is 0 Å². The molecule has 1 aliphatic carbocycles. The van der Waals surface area contributed by atoms with Crippen LogP contribution in [-0.4, -0.2) is 27.9 Å². The first-order valence-corrected chi connectivity index (χ1v) is 7.09. The Bertz CT molecular complexity index is 749. The number of hydrogen-bond donors (Lipinski definition) is 2. The van der Waals surface area contributed by atoms with Crippen molar-refractivity contribution in [3.8, 4) is 0 Å². The van der Waals surface area contributed by atoms with Gasteiger partial charge >= 0.3 is 0 Å². The van der Waals surface area contributed by atoms with Gasteiger partial charge in [0, 0.05) is 25.0 Å². The minimum Gasteiger partial charge on any atom is -0.348 e. The molecule has 0 aromatic carbocycles. The van der Waals surface area contributed by atoms with Crippen molar-refractivity contribution >= 4 is 11.6 Å². The maximum absolute atomic E-state index is 12.4. The second-order valence-corrected chi connectivity index (χ2v) is 5.56. The molecule has 2 aromatic rings. The summed E-state index contributed by atoms with van der Waals surface area (Å²) in [7, 11) is 0. The van der Waals surface area contributed by atoms with Crippen LogP contribution in [0.3, 0.4) is 0 Å². The topological polar surface area (TPSA) is 89.5 Å². The number of aryl methyl sites for hydroxylation is 1. The largest absolute Gasteiger partial charge is 0.348 e. The van der Waals surface area contributed by atoms with Gasteiger partial charge in [0.25, 0.3) is 11.5 Å². The summed E-state index contributed by atoms with van der Waals surface area (Å²) in [5, 5.41) is 2.85. The van der Waals surface area contributed by atoms with Gasteiger partial charge in [0.05, 0.1) is 0 Å². The third-order valence-corrected chi connectivity index (χ3v) is 3.86. The van der Waals surface area contributed by atoms with Crippen molar-refractivity contribution in [2.24, 2.45) is 11.7 Å². The Morgan fingerprint density at radius 1 is 1.52 bits per heavy atom. The average molecular weight is 286 g/mol. The highest BCUT2D eigenvalue weighted by Crippen LogP contribution is 2.32. The van der Waals surface area contributed by atoms with E-state index in [1.54, 1.807) is 12.3 Å². The standard InChI is InChI=1S/C15H18N4O2/c1-9-2-5-13-17-7-11(15(21)19(13)8-9)14(20)18-12(6-16)10-3-4-10/h2,5,7-8,10,12H,3-4,6,16H2,1H3,(H,18,20). The van der Waals surface area contributed by atoms with Crippen LogP contribution >= 0.6 is 0 Å². The van der Waals surface area contributed by atoms with Crippen LogP contribution in [0, 0.1) is 12.8 Å². The van der Waals surface area contributed by atoms with Crippen molar-refractivity contribution in [3.63, 3.8) is 0 Å². The molecule has 0 saturated heterocycles. The maximum Gasteiger partial charge on any atom is 0.270 e. The van der Waals surface area contributed by atoms with Crippen LogP contribution < -0.4 is 16.6 Å². The van der Waals surface area contributed by atoms with Crippen molar-refractivity contribution in [2.75, 3.05) is 6.54 Å². The van der Waals surface area contributed by atoms with E-state index in [9.17, 15) is 9.59 Å². The molecule has 3 N–H and O–H groups in total. The highest BCUT2D eigenvalue weighted by atomic mass is 16.2. The summed E-state index contributed by atoms with van der Waals surface area (Å²) in [6, 6.07) is 3.57. The van der Waals surface area contributed by atoms with Gasteiger partial charge in [0.15, 0.2) is 0 Å². The molecule has 2 aromatic heterocycles. The van der Waals surface area contributed by atoms with Gasteiger partial charge in [-0.05, 0) is 37.3 Å². The van der Waals surface area contributed by atoms with Gasteiger partial charge in [-0.3, -0.25) is 14.0 Å². The zero-order valence-electron chi connectivity index (χ0n) is 11.9. The first-order chi connectivity index (χ1) is 10.1. The highest BCUT2D eigenvalue weighted by Gasteiger charge is 2.31. The van der Waals surface area contributed by atoms with Gasteiger partial charge in [0.1, 0.15) is 11.2 Å². The van der Waals surface area contributed by atoms with Crippen molar-refractivity contribution in [3.05, 3.63) is 46.0 Å². The Balaban J connectivity index is 1.94. The second kappa shape index (κ2) is 5.29. The number of rotatable bonds is 4. The average Bonchev–Trinajstić information content (AvgIpc) is 3.30. The molecular weight excluding hydrogens is 268 g/mol. The number of carbonyl (C=O) groups excluding carboxylic acids is 1. The third kappa shape index (κ3) is 2.67. The first-order valence-electron chi connectivity index (χ1n) is 7.09. The molecule has 2 heterocycles. The number of nitrogens with two attached hydrogens (primary N) is 1. The van der Waals surface area contributed by atoms with Crippen molar-refractivity contribution in [2.45, 2.75) is 25.8 Å². The van der Waals surface area contributed by atoms with E-state index in [1.165, 1.54) is 10.6 Å². The van der Waals surface area contributed by atoms with Crippen LogP contribution in [0.2, 0.25) is 0 Å². The van der Waals surface area contributed by atoms with Gasteiger partial charge in [-0.15, -0.1) is 0 Å². The predicted molar refractivity (Wildman–Crippen MR) is 79.2 cm³/mol. The lowest BCUT2D eigenvalue weighted by Crippen LogP contribution is -2.43. The smallest absolute Gasteiger partial charge is 0.270 e.